The number of rotatable bonds is 5. The topological polar surface area (TPSA) is 13.0 Å². The summed E-state index contributed by atoms with van der Waals surface area (Å²) < 4.78 is 0. The van der Waals surface area contributed by atoms with E-state index in [1.807, 2.05) is 0 Å². The third-order valence-electron chi connectivity index (χ3n) is 15.8. The minimum atomic E-state index is 1.11. The van der Waals surface area contributed by atoms with Crippen molar-refractivity contribution < 1.29 is 0 Å². The molecule has 2 aliphatic heterocycles. The molecule has 13 aromatic carbocycles. The second-order valence-corrected chi connectivity index (χ2v) is 19.8. The van der Waals surface area contributed by atoms with Crippen molar-refractivity contribution >= 4 is 111 Å². The maximum atomic E-state index is 2.46. The zero-order valence-corrected chi connectivity index (χ0v) is 41.0. The van der Waals surface area contributed by atoms with Crippen LogP contribution in [0.5, 0.6) is 0 Å². The first kappa shape index (κ1) is 42.1. The van der Waals surface area contributed by atoms with Crippen LogP contribution in [0.15, 0.2) is 255 Å². The highest BCUT2D eigenvalue weighted by Gasteiger charge is 2.30. The number of benzene rings is 13. The zero-order valence-electron chi connectivity index (χ0n) is 41.0. The summed E-state index contributed by atoms with van der Waals surface area (Å²) >= 11 is 0. The van der Waals surface area contributed by atoms with E-state index in [0.29, 0.717) is 0 Å². The lowest BCUT2D eigenvalue weighted by Gasteiger charge is -2.39. The van der Waals surface area contributed by atoms with Crippen LogP contribution in [-0.2, 0) is 0 Å². The van der Waals surface area contributed by atoms with Crippen molar-refractivity contribution in [2.24, 2.45) is 0 Å². The van der Waals surface area contributed by atoms with Crippen molar-refractivity contribution in [3.05, 3.63) is 255 Å². The first-order chi connectivity index (χ1) is 36.6. The summed E-state index contributed by atoms with van der Waals surface area (Å²) in [6, 6.07) is 94.5. The number of hydrogen-bond donors (Lipinski definition) is 0. The highest BCUT2D eigenvalue weighted by atomic mass is 15.3. The SMILES string of the molecule is CN1c2ccccc2N(c2ccc3c(-c4ccc5ccccc5c4)c4cc(N5c6ccccc6N(C)c6ccccc65)ccc4c(-c4ccc(-c5cc6ccccc6c6ccccc56)cc4)c3c2)c2ccccc21. The standard InChI is InChI=1S/C70H48N4/c1-71-61-23-9-13-27-65(61)73(66-28-14-10-24-62(66)71)51-38-40-57-59(43-51)69(47-34-32-46(33-35-47)58-42-49-19-5-6-20-53(49)54-21-7-8-22-55(54)58)56-39-37-52(44-60(56)70(57)50-36-31-45-17-3-4-18-48(45)41-50)74-67-29-15-11-25-63(67)72(2)64-26-12-16-30-68(64)74/h3-44H,1-2H3. The molecule has 0 bridgehead atoms. The summed E-state index contributed by atoms with van der Waals surface area (Å²) in [6.07, 6.45) is 0. The van der Waals surface area contributed by atoms with Gasteiger partial charge in [0.2, 0.25) is 0 Å². The van der Waals surface area contributed by atoms with E-state index in [1.54, 1.807) is 0 Å². The Morgan fingerprint density at radius 1 is 0.230 bits per heavy atom. The molecule has 0 spiro atoms. The van der Waals surface area contributed by atoms with Gasteiger partial charge in [0.15, 0.2) is 0 Å². The van der Waals surface area contributed by atoms with E-state index in [0.717, 1.165) is 34.1 Å². The monoisotopic (exact) mass is 944 g/mol. The molecule has 348 valence electrons. The molecule has 4 nitrogen and oxygen atoms in total. The Kier molecular flexibility index (Phi) is 9.36. The van der Waals surface area contributed by atoms with Crippen molar-refractivity contribution in [3.63, 3.8) is 0 Å². The van der Waals surface area contributed by atoms with Gasteiger partial charge >= 0.3 is 0 Å². The molecule has 0 saturated heterocycles. The van der Waals surface area contributed by atoms with E-state index in [9.17, 15) is 0 Å². The molecule has 0 atom stereocenters. The fraction of sp³-hybridized carbons (Fsp3) is 0.0286. The number of anilines is 10. The zero-order chi connectivity index (χ0) is 49.0. The summed E-state index contributed by atoms with van der Waals surface area (Å²) in [5.74, 6) is 0. The Hall–Kier alpha value is -9.64. The van der Waals surface area contributed by atoms with Crippen molar-refractivity contribution in [2.45, 2.75) is 0 Å². The van der Waals surface area contributed by atoms with Crippen LogP contribution in [0.2, 0.25) is 0 Å². The molecule has 2 heterocycles. The van der Waals surface area contributed by atoms with Gasteiger partial charge in [-0.3, -0.25) is 0 Å². The predicted molar refractivity (Wildman–Crippen MR) is 316 cm³/mol. The van der Waals surface area contributed by atoms with Crippen LogP contribution in [0.1, 0.15) is 0 Å². The summed E-state index contributed by atoms with van der Waals surface area (Å²) in [5.41, 5.74) is 18.7. The van der Waals surface area contributed by atoms with Crippen molar-refractivity contribution in [2.75, 3.05) is 33.7 Å². The van der Waals surface area contributed by atoms with Crippen LogP contribution < -0.4 is 19.6 Å². The van der Waals surface area contributed by atoms with Gasteiger partial charge in [0, 0.05) is 25.5 Å². The summed E-state index contributed by atoms with van der Waals surface area (Å²) in [4.78, 5) is 9.53. The lowest BCUT2D eigenvalue weighted by molar-refractivity contribution is 1.13. The highest BCUT2D eigenvalue weighted by molar-refractivity contribution is 6.24. The van der Waals surface area contributed by atoms with Gasteiger partial charge in [0.1, 0.15) is 0 Å². The first-order valence-electron chi connectivity index (χ1n) is 25.5. The molecule has 4 heteroatoms. The second-order valence-electron chi connectivity index (χ2n) is 19.8. The van der Waals surface area contributed by atoms with Gasteiger partial charge in [-0.2, -0.15) is 0 Å². The minimum Gasteiger partial charge on any atom is -0.341 e. The van der Waals surface area contributed by atoms with Crippen LogP contribution in [0, 0.1) is 0 Å². The first-order valence-corrected chi connectivity index (χ1v) is 25.5. The average molecular weight is 945 g/mol. The molecule has 13 aromatic rings. The lowest BCUT2D eigenvalue weighted by Crippen LogP contribution is -2.24. The Morgan fingerprint density at radius 2 is 0.622 bits per heavy atom. The Bertz CT molecular complexity index is 4340. The Morgan fingerprint density at radius 3 is 1.15 bits per heavy atom. The highest BCUT2D eigenvalue weighted by Crippen LogP contribution is 2.55. The van der Waals surface area contributed by atoms with Gasteiger partial charge in [-0.25, -0.2) is 0 Å². The van der Waals surface area contributed by atoms with Gasteiger partial charge < -0.3 is 19.6 Å². The maximum absolute atomic E-state index is 2.46. The molecule has 15 rings (SSSR count). The fourth-order valence-corrected chi connectivity index (χ4v) is 12.4. The third kappa shape index (κ3) is 6.35. The molecule has 0 unspecified atom stereocenters. The van der Waals surface area contributed by atoms with Crippen LogP contribution >= 0.6 is 0 Å². The van der Waals surface area contributed by atoms with E-state index in [2.05, 4.69) is 288 Å². The normalized spacial score (nSPS) is 12.9. The molecule has 0 amide bonds. The van der Waals surface area contributed by atoms with E-state index in [4.69, 9.17) is 0 Å². The van der Waals surface area contributed by atoms with E-state index >= 15 is 0 Å². The lowest BCUT2D eigenvalue weighted by atomic mass is 9.84. The van der Waals surface area contributed by atoms with Crippen LogP contribution in [-0.4, -0.2) is 14.1 Å². The smallest absolute Gasteiger partial charge is 0.0699 e. The number of nitrogens with zero attached hydrogens (tertiary/aromatic N) is 4. The molecule has 74 heavy (non-hydrogen) atoms. The third-order valence-corrected chi connectivity index (χ3v) is 15.8. The van der Waals surface area contributed by atoms with Crippen molar-refractivity contribution in [3.8, 4) is 33.4 Å². The number of hydrogen-bond acceptors (Lipinski definition) is 4. The van der Waals surface area contributed by atoms with Gasteiger partial charge in [-0.05, 0) is 172 Å². The predicted octanol–water partition coefficient (Wildman–Crippen LogP) is 19.6. The number of para-hydroxylation sites is 8. The van der Waals surface area contributed by atoms with E-state index < -0.39 is 0 Å². The van der Waals surface area contributed by atoms with Gasteiger partial charge in [-0.1, -0.05) is 170 Å². The molecule has 0 fully saturated rings. The van der Waals surface area contributed by atoms with Crippen LogP contribution in [0.25, 0.3) is 87.2 Å². The molecular formula is C70H48N4. The molecule has 2 aliphatic rings. The van der Waals surface area contributed by atoms with Crippen LogP contribution in [0.4, 0.5) is 56.9 Å². The largest absolute Gasteiger partial charge is 0.341 e. The van der Waals surface area contributed by atoms with Crippen LogP contribution in [0.3, 0.4) is 0 Å². The van der Waals surface area contributed by atoms with E-state index in [1.165, 1.54) is 110 Å². The van der Waals surface area contributed by atoms with Gasteiger partial charge in [0.05, 0.1) is 45.5 Å². The fourth-order valence-electron chi connectivity index (χ4n) is 12.4. The summed E-state index contributed by atoms with van der Waals surface area (Å²) in [6.45, 7) is 0. The van der Waals surface area contributed by atoms with Crippen molar-refractivity contribution in [1.82, 2.24) is 0 Å². The summed E-state index contributed by atoms with van der Waals surface area (Å²) in [5, 5.41) is 12.3. The molecular weight excluding hydrogens is 897 g/mol. The average Bonchev–Trinajstić information content (AvgIpc) is 3.50. The molecule has 0 radical (unpaired) electrons. The second kappa shape index (κ2) is 16.5. The van der Waals surface area contributed by atoms with Gasteiger partial charge in [-0.15, -0.1) is 0 Å². The number of fused-ring (bicyclic) bond motifs is 10. The molecule has 0 N–H and O–H groups in total. The molecule has 0 saturated carbocycles. The van der Waals surface area contributed by atoms with Crippen molar-refractivity contribution in [1.29, 1.82) is 0 Å². The Labute approximate surface area is 430 Å². The van der Waals surface area contributed by atoms with Gasteiger partial charge in [0.25, 0.3) is 0 Å². The quantitative estimate of drug-likeness (QED) is 0.126. The molecule has 0 aliphatic carbocycles. The van der Waals surface area contributed by atoms with E-state index in [-0.39, 0.29) is 0 Å². The summed E-state index contributed by atoms with van der Waals surface area (Å²) in [7, 11) is 4.35. The molecule has 0 aromatic heterocycles. The Balaban J connectivity index is 1.03. The minimum absolute atomic E-state index is 1.11. The maximum Gasteiger partial charge on any atom is 0.0699 e.